The Morgan fingerprint density at radius 1 is 1.24 bits per heavy atom. The molecule has 3 aromatic heterocycles. The molecular formula is C18H14N4O2S. The minimum Gasteiger partial charge on any atom is -0.320 e. The zero-order chi connectivity index (χ0) is 17.6. The average Bonchev–Trinajstić information content (AvgIpc) is 2.95. The molecule has 25 heavy (non-hydrogen) atoms. The van der Waals surface area contributed by atoms with Gasteiger partial charge in [0.25, 0.3) is 11.5 Å². The Labute approximate surface area is 146 Å². The highest BCUT2D eigenvalue weighted by Gasteiger charge is 2.19. The fourth-order valence-electron chi connectivity index (χ4n) is 2.75. The van der Waals surface area contributed by atoms with Gasteiger partial charge in [0, 0.05) is 12.4 Å². The highest BCUT2D eigenvalue weighted by atomic mass is 32.1. The summed E-state index contributed by atoms with van der Waals surface area (Å²) in [5.74, 6) is -0.264. The van der Waals surface area contributed by atoms with Crippen molar-refractivity contribution in [3.8, 4) is 0 Å². The Morgan fingerprint density at radius 2 is 2.04 bits per heavy atom. The molecule has 0 bridgehead atoms. The fraction of sp³-hybridized carbons (Fsp3) is 0.111. The predicted octanol–water partition coefficient (Wildman–Crippen LogP) is 3.10. The summed E-state index contributed by atoms with van der Waals surface area (Å²) in [5.41, 5.74) is 1.98. The van der Waals surface area contributed by atoms with Crippen LogP contribution >= 0.6 is 11.3 Å². The smallest absolute Gasteiger partial charge is 0.266 e. The molecule has 0 saturated heterocycles. The minimum atomic E-state index is -0.264. The zero-order valence-electron chi connectivity index (χ0n) is 13.6. The van der Waals surface area contributed by atoms with E-state index in [0.717, 1.165) is 10.9 Å². The minimum absolute atomic E-state index is 0.148. The number of thiophene rings is 1. The topological polar surface area (TPSA) is 76.9 Å². The van der Waals surface area contributed by atoms with Crippen molar-refractivity contribution in [1.82, 2.24) is 14.5 Å². The number of hydrogen-bond donors (Lipinski definition) is 1. The van der Waals surface area contributed by atoms with Gasteiger partial charge in [-0.2, -0.15) is 0 Å². The number of rotatable bonds is 2. The summed E-state index contributed by atoms with van der Waals surface area (Å²) in [7, 11) is 1.65. The summed E-state index contributed by atoms with van der Waals surface area (Å²) < 4.78 is 1.41. The first-order valence-corrected chi connectivity index (χ1v) is 8.47. The largest absolute Gasteiger partial charge is 0.320 e. The third-order valence-electron chi connectivity index (χ3n) is 4.07. The van der Waals surface area contributed by atoms with Crippen molar-refractivity contribution >= 4 is 44.1 Å². The number of fused-ring (bicyclic) bond motifs is 2. The molecule has 0 fully saturated rings. The van der Waals surface area contributed by atoms with Crippen LogP contribution < -0.4 is 10.9 Å². The second-order valence-electron chi connectivity index (χ2n) is 5.77. The zero-order valence-corrected chi connectivity index (χ0v) is 14.4. The molecule has 1 amide bonds. The summed E-state index contributed by atoms with van der Waals surface area (Å²) in [4.78, 5) is 34.6. The molecule has 0 spiro atoms. The Morgan fingerprint density at radius 3 is 2.88 bits per heavy atom. The van der Waals surface area contributed by atoms with E-state index in [0.29, 0.717) is 26.3 Å². The standard InChI is InChI=1S/C18H14N4O2S/c1-10-14-17(20-9-22(2)18(14)24)25-15(10)16(23)21-12-7-11-5-3-4-6-13(11)19-8-12/h3-9H,1-2H3,(H,21,23). The van der Waals surface area contributed by atoms with E-state index in [1.165, 1.54) is 22.2 Å². The van der Waals surface area contributed by atoms with E-state index in [9.17, 15) is 9.59 Å². The lowest BCUT2D eigenvalue weighted by Crippen LogP contribution is -2.17. The van der Waals surface area contributed by atoms with Crippen LogP contribution in [0.3, 0.4) is 0 Å². The first-order chi connectivity index (χ1) is 12.0. The van der Waals surface area contributed by atoms with Crippen LogP contribution in [0.5, 0.6) is 0 Å². The van der Waals surface area contributed by atoms with Gasteiger partial charge >= 0.3 is 0 Å². The van der Waals surface area contributed by atoms with Crippen molar-refractivity contribution < 1.29 is 4.79 Å². The maximum Gasteiger partial charge on any atom is 0.266 e. The number of anilines is 1. The van der Waals surface area contributed by atoms with E-state index < -0.39 is 0 Å². The van der Waals surface area contributed by atoms with Crippen LogP contribution in [0, 0.1) is 6.92 Å². The molecule has 124 valence electrons. The van der Waals surface area contributed by atoms with Gasteiger partial charge in [0.15, 0.2) is 0 Å². The SMILES string of the molecule is Cc1c(C(=O)Nc2cnc3ccccc3c2)sc2ncn(C)c(=O)c12. The number of hydrogen-bond acceptors (Lipinski definition) is 5. The molecule has 6 nitrogen and oxygen atoms in total. The number of aryl methyl sites for hydroxylation is 2. The predicted molar refractivity (Wildman–Crippen MR) is 99.3 cm³/mol. The molecule has 4 rings (SSSR count). The van der Waals surface area contributed by atoms with Gasteiger partial charge in [-0.3, -0.25) is 14.6 Å². The van der Waals surface area contributed by atoms with Crippen molar-refractivity contribution in [3.63, 3.8) is 0 Å². The number of carbonyl (C=O) groups is 1. The number of para-hydroxylation sites is 1. The molecule has 0 aliphatic carbocycles. The van der Waals surface area contributed by atoms with Crippen molar-refractivity contribution in [2.45, 2.75) is 6.92 Å². The quantitative estimate of drug-likeness (QED) is 0.603. The number of aromatic nitrogens is 3. The lowest BCUT2D eigenvalue weighted by molar-refractivity contribution is 0.103. The molecular weight excluding hydrogens is 336 g/mol. The number of nitrogens with zero attached hydrogens (tertiary/aromatic N) is 3. The maximum atomic E-state index is 12.7. The number of amides is 1. The number of benzene rings is 1. The number of pyridine rings is 1. The van der Waals surface area contributed by atoms with Crippen molar-refractivity contribution in [3.05, 3.63) is 63.7 Å². The Balaban J connectivity index is 1.73. The van der Waals surface area contributed by atoms with E-state index in [-0.39, 0.29) is 11.5 Å². The molecule has 0 saturated carbocycles. The van der Waals surface area contributed by atoms with Gasteiger partial charge in [0.1, 0.15) is 4.83 Å². The third kappa shape index (κ3) is 2.58. The molecule has 0 atom stereocenters. The van der Waals surface area contributed by atoms with E-state index in [1.807, 2.05) is 30.3 Å². The molecule has 4 aromatic rings. The van der Waals surface area contributed by atoms with Crippen LogP contribution in [0.2, 0.25) is 0 Å². The molecule has 7 heteroatoms. The lowest BCUT2D eigenvalue weighted by atomic mass is 10.2. The number of carbonyl (C=O) groups excluding carboxylic acids is 1. The maximum absolute atomic E-state index is 12.7. The van der Waals surface area contributed by atoms with Gasteiger partial charge in [-0.25, -0.2) is 4.98 Å². The fourth-order valence-corrected chi connectivity index (χ4v) is 3.79. The van der Waals surface area contributed by atoms with Crippen LogP contribution in [0.25, 0.3) is 21.1 Å². The molecule has 0 unspecified atom stereocenters. The van der Waals surface area contributed by atoms with Crippen LogP contribution in [0.15, 0.2) is 47.7 Å². The summed E-state index contributed by atoms with van der Waals surface area (Å²) in [6, 6.07) is 9.57. The Kier molecular flexibility index (Phi) is 3.58. The average molecular weight is 350 g/mol. The lowest BCUT2D eigenvalue weighted by Gasteiger charge is -2.05. The van der Waals surface area contributed by atoms with E-state index in [2.05, 4.69) is 15.3 Å². The van der Waals surface area contributed by atoms with Crippen LogP contribution in [0.4, 0.5) is 5.69 Å². The Bertz CT molecular complexity index is 1190. The van der Waals surface area contributed by atoms with Crippen LogP contribution in [-0.2, 0) is 7.05 Å². The molecule has 0 aliphatic rings. The summed E-state index contributed by atoms with van der Waals surface area (Å²) in [6.45, 7) is 1.77. The monoisotopic (exact) mass is 350 g/mol. The van der Waals surface area contributed by atoms with Gasteiger partial charge in [0.05, 0.1) is 34.0 Å². The van der Waals surface area contributed by atoms with Gasteiger partial charge in [-0.05, 0) is 24.6 Å². The highest BCUT2D eigenvalue weighted by molar-refractivity contribution is 7.20. The summed E-state index contributed by atoms with van der Waals surface area (Å²) in [6.07, 6.45) is 3.09. The van der Waals surface area contributed by atoms with Crippen molar-refractivity contribution in [2.24, 2.45) is 7.05 Å². The van der Waals surface area contributed by atoms with Gasteiger partial charge < -0.3 is 9.88 Å². The molecule has 1 aromatic carbocycles. The summed E-state index contributed by atoms with van der Waals surface area (Å²) >= 11 is 1.22. The molecule has 1 N–H and O–H groups in total. The van der Waals surface area contributed by atoms with Crippen molar-refractivity contribution in [2.75, 3.05) is 5.32 Å². The Hall–Kier alpha value is -3.06. The van der Waals surface area contributed by atoms with Gasteiger partial charge in [-0.15, -0.1) is 11.3 Å². The van der Waals surface area contributed by atoms with Crippen LogP contribution in [-0.4, -0.2) is 20.4 Å². The highest BCUT2D eigenvalue weighted by Crippen LogP contribution is 2.27. The van der Waals surface area contributed by atoms with E-state index in [4.69, 9.17) is 0 Å². The first kappa shape index (κ1) is 15.5. The first-order valence-electron chi connectivity index (χ1n) is 7.65. The normalized spacial score (nSPS) is 11.1. The summed E-state index contributed by atoms with van der Waals surface area (Å²) in [5, 5.41) is 4.30. The van der Waals surface area contributed by atoms with Gasteiger partial charge in [0.2, 0.25) is 0 Å². The van der Waals surface area contributed by atoms with E-state index >= 15 is 0 Å². The van der Waals surface area contributed by atoms with Gasteiger partial charge in [-0.1, -0.05) is 18.2 Å². The van der Waals surface area contributed by atoms with Crippen LogP contribution in [0.1, 0.15) is 15.2 Å². The second kappa shape index (κ2) is 5.78. The third-order valence-corrected chi connectivity index (χ3v) is 5.26. The molecule has 0 radical (unpaired) electrons. The molecule has 0 aliphatic heterocycles. The van der Waals surface area contributed by atoms with E-state index in [1.54, 1.807) is 20.2 Å². The molecule has 3 heterocycles. The number of nitrogens with one attached hydrogen (secondary N) is 1. The van der Waals surface area contributed by atoms with Crippen molar-refractivity contribution in [1.29, 1.82) is 0 Å². The second-order valence-corrected chi connectivity index (χ2v) is 6.77.